The molecule has 0 aromatic heterocycles. The van der Waals surface area contributed by atoms with Crippen LogP contribution in [0.5, 0.6) is 0 Å². The van der Waals surface area contributed by atoms with Gasteiger partial charge in [0.15, 0.2) is 0 Å². The van der Waals surface area contributed by atoms with Gasteiger partial charge in [0.25, 0.3) is 0 Å². The number of hydrogen-bond donors (Lipinski definition) is 1. The smallest absolute Gasteiger partial charge is 0.132 e. The minimum absolute atomic E-state index is 0.0187. The minimum atomic E-state index is -0.400. The van der Waals surface area contributed by atoms with Crippen LogP contribution in [0.25, 0.3) is 0 Å². The maximum absolute atomic E-state index is 14.1. The van der Waals surface area contributed by atoms with Crippen LogP contribution < -0.4 is 5.32 Å². The van der Waals surface area contributed by atoms with Crippen LogP contribution in [0.3, 0.4) is 0 Å². The first-order chi connectivity index (χ1) is 8.15. The van der Waals surface area contributed by atoms with Gasteiger partial charge in [0.05, 0.1) is 0 Å². The molecule has 1 nitrogen and oxygen atoms in total. The summed E-state index contributed by atoms with van der Waals surface area (Å²) in [5.41, 5.74) is 0.817. The second-order valence-electron chi connectivity index (χ2n) is 4.79. The zero-order chi connectivity index (χ0) is 12.4. The second-order valence-corrected chi connectivity index (χ2v) is 4.79. The second kappa shape index (κ2) is 5.13. The number of benzene rings is 1. The van der Waals surface area contributed by atoms with Gasteiger partial charge in [0, 0.05) is 17.5 Å². The Kier molecular flexibility index (Phi) is 3.77. The lowest BCUT2D eigenvalue weighted by Crippen LogP contribution is -2.31. The summed E-state index contributed by atoms with van der Waals surface area (Å²) in [5, 5.41) is 3.33. The maximum atomic E-state index is 14.1. The van der Waals surface area contributed by atoms with Crippen molar-refractivity contribution < 1.29 is 8.78 Å². The van der Waals surface area contributed by atoms with Gasteiger partial charge < -0.3 is 5.32 Å². The number of likely N-dealkylation sites (N-methyl/N-ethyl adjacent to an activating group) is 1. The van der Waals surface area contributed by atoms with E-state index in [2.05, 4.69) is 5.32 Å². The van der Waals surface area contributed by atoms with Crippen LogP contribution >= 0.6 is 0 Å². The third-order valence-electron chi connectivity index (χ3n) is 3.67. The molecule has 2 atom stereocenters. The fourth-order valence-corrected chi connectivity index (χ4v) is 2.83. The molecule has 1 aromatic carbocycles. The van der Waals surface area contributed by atoms with Gasteiger partial charge in [0.2, 0.25) is 0 Å². The third-order valence-corrected chi connectivity index (χ3v) is 3.67. The summed E-state index contributed by atoms with van der Waals surface area (Å²) in [6, 6.07) is 3.10. The Labute approximate surface area is 101 Å². The molecule has 0 radical (unpaired) electrons. The summed E-state index contributed by atoms with van der Waals surface area (Å²) in [6.07, 6.45) is 2.91. The van der Waals surface area contributed by atoms with Gasteiger partial charge in [-0.2, -0.15) is 0 Å². The molecule has 1 aromatic rings. The highest BCUT2D eigenvalue weighted by molar-refractivity contribution is 5.31. The number of halogens is 2. The van der Waals surface area contributed by atoms with E-state index in [0.717, 1.165) is 25.8 Å². The molecular formula is C14H19F2N. The molecule has 2 unspecified atom stereocenters. The topological polar surface area (TPSA) is 12.0 Å². The lowest BCUT2D eigenvalue weighted by atomic mass is 9.91. The highest BCUT2D eigenvalue weighted by atomic mass is 19.1. The van der Waals surface area contributed by atoms with Crippen LogP contribution in [0.15, 0.2) is 12.1 Å². The lowest BCUT2D eigenvalue weighted by molar-refractivity contribution is 0.451. The first kappa shape index (κ1) is 12.5. The van der Waals surface area contributed by atoms with Crippen LogP contribution in [-0.4, -0.2) is 12.6 Å². The highest BCUT2D eigenvalue weighted by Crippen LogP contribution is 2.37. The van der Waals surface area contributed by atoms with E-state index in [4.69, 9.17) is 0 Å². The van der Waals surface area contributed by atoms with Crippen LogP contribution in [0.2, 0.25) is 0 Å². The van der Waals surface area contributed by atoms with Crippen molar-refractivity contribution in [3.05, 3.63) is 34.9 Å². The molecule has 0 heterocycles. The number of nitrogens with one attached hydrogen (secondary N) is 1. The molecule has 2 rings (SSSR count). The number of aryl methyl sites for hydroxylation is 1. The van der Waals surface area contributed by atoms with E-state index < -0.39 is 5.82 Å². The van der Waals surface area contributed by atoms with Crippen molar-refractivity contribution in [2.45, 2.75) is 45.1 Å². The normalized spacial score (nSPS) is 24.2. The average molecular weight is 239 g/mol. The predicted molar refractivity (Wildman–Crippen MR) is 65.2 cm³/mol. The van der Waals surface area contributed by atoms with Crippen molar-refractivity contribution in [2.75, 3.05) is 6.54 Å². The zero-order valence-corrected chi connectivity index (χ0v) is 10.4. The standard InChI is InChI=1S/C14H19F2N/c1-3-17-12-6-4-5-10(12)13-11(15)8-7-9(2)14(13)16/h7-8,10,12,17H,3-6H2,1-2H3. The Morgan fingerprint density at radius 2 is 2.06 bits per heavy atom. The van der Waals surface area contributed by atoms with Crippen molar-refractivity contribution in [1.82, 2.24) is 5.32 Å². The predicted octanol–water partition coefficient (Wildman–Crippen LogP) is 3.52. The summed E-state index contributed by atoms with van der Waals surface area (Å²) in [7, 11) is 0. The Morgan fingerprint density at radius 3 is 2.76 bits per heavy atom. The molecule has 0 bridgehead atoms. The molecule has 17 heavy (non-hydrogen) atoms. The van der Waals surface area contributed by atoms with E-state index in [9.17, 15) is 8.78 Å². The summed E-state index contributed by atoms with van der Waals surface area (Å²) in [6.45, 7) is 4.56. The summed E-state index contributed by atoms with van der Waals surface area (Å²) in [5.74, 6) is -0.780. The molecule has 1 saturated carbocycles. The third kappa shape index (κ3) is 2.34. The van der Waals surface area contributed by atoms with Crippen molar-refractivity contribution in [3.63, 3.8) is 0 Å². The molecule has 0 amide bonds. The average Bonchev–Trinajstić information content (AvgIpc) is 2.73. The van der Waals surface area contributed by atoms with Crippen LogP contribution in [-0.2, 0) is 0 Å². The van der Waals surface area contributed by atoms with E-state index in [1.54, 1.807) is 6.92 Å². The molecule has 94 valence electrons. The lowest BCUT2D eigenvalue weighted by Gasteiger charge is -2.22. The molecule has 1 fully saturated rings. The summed E-state index contributed by atoms with van der Waals surface area (Å²) in [4.78, 5) is 0. The quantitative estimate of drug-likeness (QED) is 0.851. The van der Waals surface area contributed by atoms with Crippen molar-refractivity contribution in [2.24, 2.45) is 0 Å². The largest absolute Gasteiger partial charge is 0.314 e. The molecule has 0 saturated heterocycles. The molecule has 0 aliphatic heterocycles. The SMILES string of the molecule is CCNC1CCCC1c1c(F)ccc(C)c1F. The monoisotopic (exact) mass is 239 g/mol. The highest BCUT2D eigenvalue weighted by Gasteiger charge is 2.32. The van der Waals surface area contributed by atoms with Crippen LogP contribution in [0.4, 0.5) is 8.78 Å². The van der Waals surface area contributed by atoms with E-state index in [1.807, 2.05) is 6.92 Å². The first-order valence-electron chi connectivity index (χ1n) is 6.33. The van der Waals surface area contributed by atoms with E-state index >= 15 is 0 Å². The van der Waals surface area contributed by atoms with Crippen LogP contribution in [0, 0.1) is 18.6 Å². The molecule has 1 aliphatic rings. The van der Waals surface area contributed by atoms with Gasteiger partial charge in [-0.25, -0.2) is 8.78 Å². The van der Waals surface area contributed by atoms with Crippen LogP contribution in [0.1, 0.15) is 43.2 Å². The fraction of sp³-hybridized carbons (Fsp3) is 0.571. The summed E-state index contributed by atoms with van der Waals surface area (Å²) < 4.78 is 27.9. The van der Waals surface area contributed by atoms with Gasteiger partial charge >= 0.3 is 0 Å². The molecular weight excluding hydrogens is 220 g/mol. The Bertz CT molecular complexity index is 403. The fourth-order valence-electron chi connectivity index (χ4n) is 2.83. The van der Waals surface area contributed by atoms with Crippen molar-refractivity contribution >= 4 is 0 Å². The van der Waals surface area contributed by atoms with Gasteiger partial charge in [-0.05, 0) is 37.9 Å². The Balaban J connectivity index is 2.36. The maximum Gasteiger partial charge on any atom is 0.132 e. The minimum Gasteiger partial charge on any atom is -0.314 e. The zero-order valence-electron chi connectivity index (χ0n) is 10.4. The number of hydrogen-bond acceptors (Lipinski definition) is 1. The summed E-state index contributed by atoms with van der Waals surface area (Å²) >= 11 is 0. The van der Waals surface area contributed by atoms with Crippen molar-refractivity contribution in [1.29, 1.82) is 0 Å². The molecule has 3 heteroatoms. The van der Waals surface area contributed by atoms with E-state index in [0.29, 0.717) is 5.56 Å². The molecule has 0 spiro atoms. The first-order valence-corrected chi connectivity index (χ1v) is 6.33. The van der Waals surface area contributed by atoms with Gasteiger partial charge in [-0.1, -0.05) is 19.4 Å². The van der Waals surface area contributed by atoms with Gasteiger partial charge in [-0.15, -0.1) is 0 Å². The van der Waals surface area contributed by atoms with Gasteiger partial charge in [0.1, 0.15) is 11.6 Å². The van der Waals surface area contributed by atoms with E-state index in [-0.39, 0.29) is 23.3 Å². The van der Waals surface area contributed by atoms with Gasteiger partial charge in [-0.3, -0.25) is 0 Å². The molecule has 1 N–H and O–H groups in total. The Hall–Kier alpha value is -0.960. The molecule has 1 aliphatic carbocycles. The number of rotatable bonds is 3. The van der Waals surface area contributed by atoms with E-state index in [1.165, 1.54) is 12.1 Å². The Morgan fingerprint density at radius 1 is 1.29 bits per heavy atom. The van der Waals surface area contributed by atoms with Crippen molar-refractivity contribution in [3.8, 4) is 0 Å².